The fourth-order valence-electron chi connectivity index (χ4n) is 1.73. The van der Waals surface area contributed by atoms with E-state index in [4.69, 9.17) is 0 Å². The van der Waals surface area contributed by atoms with E-state index in [1.54, 1.807) is 19.2 Å². The van der Waals surface area contributed by atoms with Crippen LogP contribution < -0.4 is 10.6 Å². The van der Waals surface area contributed by atoms with E-state index in [1.165, 1.54) is 6.07 Å². The van der Waals surface area contributed by atoms with Crippen LogP contribution in [0, 0.1) is 0 Å². The maximum atomic E-state index is 12.2. The number of sulfone groups is 1. The van der Waals surface area contributed by atoms with Gasteiger partial charge in [0, 0.05) is 11.0 Å². The Morgan fingerprint density at radius 3 is 2.82 bits per heavy atom. The van der Waals surface area contributed by atoms with Gasteiger partial charge >= 0.3 is 0 Å². The molecule has 7 heteroatoms. The van der Waals surface area contributed by atoms with Crippen LogP contribution in [0.3, 0.4) is 0 Å². The van der Waals surface area contributed by atoms with Crippen LogP contribution in [0.2, 0.25) is 0 Å². The third-order valence-electron chi connectivity index (χ3n) is 2.56. The molecule has 1 amide bonds. The molecule has 1 aromatic rings. The molecular formula is C10H11BrN2O3S. The van der Waals surface area contributed by atoms with Crippen molar-refractivity contribution in [3.8, 4) is 0 Å². The van der Waals surface area contributed by atoms with Gasteiger partial charge in [0.1, 0.15) is 0 Å². The average molecular weight is 319 g/mol. The molecule has 1 heterocycles. The molecule has 0 bridgehead atoms. The van der Waals surface area contributed by atoms with Crippen molar-refractivity contribution in [1.82, 2.24) is 5.32 Å². The summed E-state index contributed by atoms with van der Waals surface area (Å²) < 4.78 is 25.1. The number of carbonyl (C=O) groups excluding carboxylic acids is 1. The molecule has 2 N–H and O–H groups in total. The third kappa shape index (κ3) is 2.10. The van der Waals surface area contributed by atoms with Gasteiger partial charge in [0.15, 0.2) is 15.1 Å². The van der Waals surface area contributed by atoms with Crippen molar-refractivity contribution in [2.75, 3.05) is 18.9 Å². The summed E-state index contributed by atoms with van der Waals surface area (Å²) in [7, 11) is -2.01. The van der Waals surface area contributed by atoms with Crippen LogP contribution in [0.5, 0.6) is 0 Å². The van der Waals surface area contributed by atoms with Crippen LogP contribution >= 0.6 is 15.9 Å². The quantitative estimate of drug-likeness (QED) is 0.844. The van der Waals surface area contributed by atoms with Gasteiger partial charge in [-0.2, -0.15) is 0 Å². The maximum absolute atomic E-state index is 12.2. The zero-order valence-electron chi connectivity index (χ0n) is 9.03. The molecular weight excluding hydrogens is 308 g/mol. The molecule has 1 aliphatic rings. The first kappa shape index (κ1) is 12.5. The number of hydrogen-bond acceptors (Lipinski definition) is 4. The van der Waals surface area contributed by atoms with E-state index in [1.807, 2.05) is 0 Å². The van der Waals surface area contributed by atoms with E-state index >= 15 is 0 Å². The fourth-order valence-corrected chi connectivity index (χ4v) is 3.99. The minimum atomic E-state index is -3.62. The summed E-state index contributed by atoms with van der Waals surface area (Å²) >= 11 is 3.22. The number of carbonyl (C=O) groups is 1. The van der Waals surface area contributed by atoms with E-state index in [2.05, 4.69) is 26.6 Å². The predicted molar refractivity (Wildman–Crippen MR) is 67.7 cm³/mol. The van der Waals surface area contributed by atoms with E-state index in [-0.39, 0.29) is 11.4 Å². The Hall–Kier alpha value is -0.920. The number of halogens is 1. The number of fused-ring (bicyclic) bond motifs is 1. The Labute approximate surface area is 108 Å². The molecule has 0 spiro atoms. The van der Waals surface area contributed by atoms with Crippen LogP contribution in [0.15, 0.2) is 27.6 Å². The molecule has 17 heavy (non-hydrogen) atoms. The first-order valence-corrected chi connectivity index (χ1v) is 7.29. The number of hydrogen-bond donors (Lipinski definition) is 2. The highest BCUT2D eigenvalue weighted by Gasteiger charge is 2.39. The van der Waals surface area contributed by atoms with Gasteiger partial charge < -0.3 is 10.6 Å². The highest BCUT2D eigenvalue weighted by atomic mass is 79.9. The number of nitrogens with one attached hydrogen (secondary N) is 2. The van der Waals surface area contributed by atoms with Gasteiger partial charge in [0.25, 0.3) is 0 Å². The lowest BCUT2D eigenvalue weighted by Crippen LogP contribution is -2.45. The van der Waals surface area contributed by atoms with Crippen LogP contribution in [0.1, 0.15) is 0 Å². The molecule has 1 atom stereocenters. The fraction of sp³-hybridized carbons (Fsp3) is 0.300. The standard InChI is InChI=1S/C10H11BrN2O3S/c1-12-5-9-10(14)13-7-3-2-6(11)4-8(7)17(9,15)16/h2-4,9,12H,5H2,1H3,(H,13,14). The molecule has 0 fully saturated rings. The van der Waals surface area contributed by atoms with Crippen molar-refractivity contribution < 1.29 is 13.2 Å². The molecule has 2 rings (SSSR count). The second kappa shape index (κ2) is 4.40. The van der Waals surface area contributed by atoms with Crippen LogP contribution in [-0.4, -0.2) is 33.2 Å². The molecule has 5 nitrogen and oxygen atoms in total. The zero-order valence-corrected chi connectivity index (χ0v) is 11.4. The highest BCUT2D eigenvalue weighted by molar-refractivity contribution is 9.10. The summed E-state index contributed by atoms with van der Waals surface area (Å²) in [6.45, 7) is 0.0973. The Morgan fingerprint density at radius 1 is 1.47 bits per heavy atom. The summed E-state index contributed by atoms with van der Waals surface area (Å²) in [6, 6.07) is 4.77. The van der Waals surface area contributed by atoms with Gasteiger partial charge in [-0.3, -0.25) is 4.79 Å². The van der Waals surface area contributed by atoms with Crippen molar-refractivity contribution >= 4 is 37.4 Å². The Bertz CT molecular complexity index is 571. The highest BCUT2D eigenvalue weighted by Crippen LogP contribution is 2.32. The number of anilines is 1. The second-order valence-electron chi connectivity index (χ2n) is 3.72. The van der Waals surface area contributed by atoms with Gasteiger partial charge in [0.05, 0.1) is 10.6 Å². The number of amides is 1. The van der Waals surface area contributed by atoms with Gasteiger partial charge in [-0.15, -0.1) is 0 Å². The maximum Gasteiger partial charge on any atom is 0.244 e. The molecule has 0 saturated carbocycles. The molecule has 0 aliphatic carbocycles. The smallest absolute Gasteiger partial charge is 0.244 e. The molecule has 1 aromatic carbocycles. The summed E-state index contributed by atoms with van der Waals surface area (Å²) in [5, 5.41) is 4.24. The zero-order chi connectivity index (χ0) is 12.6. The Kier molecular flexibility index (Phi) is 3.24. The first-order valence-electron chi connectivity index (χ1n) is 4.95. The normalized spacial score (nSPS) is 21.8. The molecule has 92 valence electrons. The minimum absolute atomic E-state index is 0.0973. The summed E-state index contributed by atoms with van der Waals surface area (Å²) in [5.41, 5.74) is 0.338. The van der Waals surface area contributed by atoms with Gasteiger partial charge in [0.2, 0.25) is 5.91 Å². The molecule has 1 unspecified atom stereocenters. The summed E-state index contributed by atoms with van der Waals surface area (Å²) in [4.78, 5) is 11.9. The molecule has 0 radical (unpaired) electrons. The van der Waals surface area contributed by atoms with Gasteiger partial charge in [-0.05, 0) is 25.2 Å². The van der Waals surface area contributed by atoms with Crippen molar-refractivity contribution in [2.45, 2.75) is 10.1 Å². The van der Waals surface area contributed by atoms with Gasteiger partial charge in [-0.1, -0.05) is 15.9 Å². The van der Waals surface area contributed by atoms with Crippen LogP contribution in [0.25, 0.3) is 0 Å². The SMILES string of the molecule is CNCC1C(=O)Nc2ccc(Br)cc2S1(=O)=O. The number of benzene rings is 1. The summed E-state index contributed by atoms with van der Waals surface area (Å²) in [6.07, 6.45) is 0. The average Bonchev–Trinajstić information content (AvgIpc) is 2.26. The largest absolute Gasteiger partial charge is 0.324 e. The monoisotopic (exact) mass is 318 g/mol. The van der Waals surface area contributed by atoms with E-state index < -0.39 is 21.0 Å². The topological polar surface area (TPSA) is 75.3 Å². The van der Waals surface area contributed by atoms with Crippen molar-refractivity contribution in [2.24, 2.45) is 0 Å². The Morgan fingerprint density at radius 2 is 2.18 bits per heavy atom. The predicted octanol–water partition coefficient (Wildman–Crippen LogP) is 0.763. The van der Waals surface area contributed by atoms with Gasteiger partial charge in [-0.25, -0.2) is 8.42 Å². The first-order chi connectivity index (χ1) is 7.96. The van der Waals surface area contributed by atoms with E-state index in [0.717, 1.165) is 0 Å². The number of rotatable bonds is 2. The van der Waals surface area contributed by atoms with E-state index in [9.17, 15) is 13.2 Å². The van der Waals surface area contributed by atoms with Crippen molar-refractivity contribution in [1.29, 1.82) is 0 Å². The second-order valence-corrected chi connectivity index (χ2v) is 6.74. The minimum Gasteiger partial charge on any atom is -0.324 e. The van der Waals surface area contributed by atoms with Crippen molar-refractivity contribution in [3.63, 3.8) is 0 Å². The van der Waals surface area contributed by atoms with Crippen LogP contribution in [0.4, 0.5) is 5.69 Å². The lowest BCUT2D eigenvalue weighted by atomic mass is 10.3. The molecule has 0 aromatic heterocycles. The molecule has 0 saturated heterocycles. The lowest BCUT2D eigenvalue weighted by Gasteiger charge is -2.24. The third-order valence-corrected chi connectivity index (χ3v) is 5.14. The van der Waals surface area contributed by atoms with Crippen molar-refractivity contribution in [3.05, 3.63) is 22.7 Å². The molecule has 1 aliphatic heterocycles. The van der Waals surface area contributed by atoms with E-state index in [0.29, 0.717) is 10.2 Å². The lowest BCUT2D eigenvalue weighted by molar-refractivity contribution is -0.115. The Balaban J connectivity index is 2.59. The summed E-state index contributed by atoms with van der Waals surface area (Å²) in [5.74, 6) is -0.492. The van der Waals surface area contributed by atoms with Crippen LogP contribution in [-0.2, 0) is 14.6 Å².